The third-order valence-corrected chi connectivity index (χ3v) is 4.18. The highest BCUT2D eigenvalue weighted by molar-refractivity contribution is 6.31. The average molecular weight is 359 g/mol. The van der Waals surface area contributed by atoms with Crippen molar-refractivity contribution in [3.63, 3.8) is 0 Å². The predicted molar refractivity (Wildman–Crippen MR) is 91.6 cm³/mol. The molecule has 0 radical (unpaired) electrons. The molecule has 0 spiro atoms. The minimum atomic E-state index is -0.616. The molecule has 2 aromatic carbocycles. The van der Waals surface area contributed by atoms with Gasteiger partial charge in [0.1, 0.15) is 6.33 Å². The molecule has 7 heteroatoms. The number of halogens is 3. The summed E-state index contributed by atoms with van der Waals surface area (Å²) in [6.07, 6.45) is 1.36. The second-order valence-electron chi connectivity index (χ2n) is 5.15. The minimum absolute atomic E-state index is 0.342. The summed E-state index contributed by atoms with van der Waals surface area (Å²) in [5.41, 5.74) is 2.82. The van der Waals surface area contributed by atoms with E-state index in [0.717, 1.165) is 5.56 Å². The molecule has 0 saturated carbocycles. The fourth-order valence-corrected chi connectivity index (χ4v) is 2.85. The molecule has 0 bridgehead atoms. The first-order valence-corrected chi connectivity index (χ1v) is 7.80. The minimum Gasteiger partial charge on any atom is -0.197 e. The highest BCUT2D eigenvalue weighted by Crippen LogP contribution is 2.36. The van der Waals surface area contributed by atoms with Crippen LogP contribution >= 0.6 is 23.2 Å². The van der Waals surface area contributed by atoms with Crippen LogP contribution in [0.2, 0.25) is 10.0 Å². The van der Waals surface area contributed by atoms with Crippen LogP contribution in [-0.4, -0.2) is 19.8 Å². The van der Waals surface area contributed by atoms with Crippen LogP contribution in [0.3, 0.4) is 0 Å². The van der Waals surface area contributed by atoms with E-state index in [4.69, 9.17) is 23.2 Å². The van der Waals surface area contributed by atoms with Crippen molar-refractivity contribution in [2.24, 2.45) is 0 Å². The van der Waals surface area contributed by atoms with Crippen LogP contribution in [0.1, 0.15) is 0 Å². The predicted octanol–water partition coefficient (Wildman–Crippen LogP) is 4.90. The molecular formula is C17H9Cl2FN4. The molecule has 4 rings (SSSR count). The van der Waals surface area contributed by atoms with Gasteiger partial charge in [0.2, 0.25) is 5.95 Å². The van der Waals surface area contributed by atoms with Crippen molar-refractivity contribution in [2.45, 2.75) is 0 Å². The summed E-state index contributed by atoms with van der Waals surface area (Å²) < 4.78 is 16.1. The van der Waals surface area contributed by atoms with Crippen LogP contribution < -0.4 is 0 Å². The Hall–Kier alpha value is -2.50. The highest BCUT2D eigenvalue weighted by atomic mass is 35.5. The highest BCUT2D eigenvalue weighted by Gasteiger charge is 2.20. The van der Waals surface area contributed by atoms with Crippen molar-refractivity contribution in [1.82, 2.24) is 19.8 Å². The van der Waals surface area contributed by atoms with E-state index >= 15 is 0 Å². The Bertz CT molecular complexity index is 1030. The summed E-state index contributed by atoms with van der Waals surface area (Å²) in [6, 6.07) is 14.0. The van der Waals surface area contributed by atoms with Gasteiger partial charge in [-0.3, -0.25) is 0 Å². The zero-order valence-corrected chi connectivity index (χ0v) is 13.6. The third-order valence-electron chi connectivity index (χ3n) is 3.67. The van der Waals surface area contributed by atoms with E-state index in [1.165, 1.54) is 10.8 Å². The molecule has 0 unspecified atom stereocenters. The van der Waals surface area contributed by atoms with Gasteiger partial charge in [0, 0.05) is 15.6 Å². The SMILES string of the molecule is Fc1nn2cnnc2c(-c2ccc(Cl)cc2)c1-c1ccc(Cl)cc1. The lowest BCUT2D eigenvalue weighted by Gasteiger charge is -2.12. The summed E-state index contributed by atoms with van der Waals surface area (Å²) in [5, 5.41) is 13.0. The monoisotopic (exact) mass is 358 g/mol. The van der Waals surface area contributed by atoms with Crippen molar-refractivity contribution in [3.05, 3.63) is 70.9 Å². The average Bonchev–Trinajstić information content (AvgIpc) is 3.03. The summed E-state index contributed by atoms with van der Waals surface area (Å²) in [7, 11) is 0. The zero-order chi connectivity index (χ0) is 16.7. The van der Waals surface area contributed by atoms with E-state index < -0.39 is 5.95 Å². The van der Waals surface area contributed by atoms with Gasteiger partial charge in [-0.25, -0.2) is 0 Å². The van der Waals surface area contributed by atoms with Gasteiger partial charge < -0.3 is 0 Å². The van der Waals surface area contributed by atoms with Gasteiger partial charge in [-0.1, -0.05) is 47.5 Å². The van der Waals surface area contributed by atoms with Crippen LogP contribution in [-0.2, 0) is 0 Å². The number of nitrogens with zero attached hydrogens (tertiary/aromatic N) is 4. The number of fused-ring (bicyclic) bond motifs is 1. The molecule has 0 aliphatic carbocycles. The normalized spacial score (nSPS) is 11.1. The van der Waals surface area contributed by atoms with E-state index in [9.17, 15) is 4.39 Å². The van der Waals surface area contributed by atoms with E-state index in [1.807, 2.05) is 12.1 Å². The van der Waals surface area contributed by atoms with Gasteiger partial charge in [0.05, 0.1) is 5.56 Å². The molecule has 0 aliphatic rings. The molecule has 4 aromatic rings. The maximum absolute atomic E-state index is 14.8. The smallest absolute Gasteiger partial charge is 0.197 e. The summed E-state index contributed by atoms with van der Waals surface area (Å²) in [4.78, 5) is 0. The van der Waals surface area contributed by atoms with Crippen LogP contribution in [0, 0.1) is 5.95 Å². The zero-order valence-electron chi connectivity index (χ0n) is 12.1. The Balaban J connectivity index is 2.08. The van der Waals surface area contributed by atoms with E-state index in [2.05, 4.69) is 15.3 Å². The van der Waals surface area contributed by atoms with Gasteiger partial charge in [-0.05, 0) is 35.4 Å². The van der Waals surface area contributed by atoms with Crippen LogP contribution in [0.5, 0.6) is 0 Å². The maximum atomic E-state index is 14.8. The Labute approximate surface area is 146 Å². The summed E-state index contributed by atoms with van der Waals surface area (Å²) >= 11 is 11.9. The number of rotatable bonds is 2. The first-order chi connectivity index (χ1) is 11.6. The van der Waals surface area contributed by atoms with Crippen molar-refractivity contribution in [2.75, 3.05) is 0 Å². The topological polar surface area (TPSA) is 43.1 Å². The fraction of sp³-hybridized carbons (Fsp3) is 0. The molecule has 2 aromatic heterocycles. The Kier molecular flexibility index (Phi) is 3.67. The lowest BCUT2D eigenvalue weighted by atomic mass is 9.97. The van der Waals surface area contributed by atoms with Gasteiger partial charge in [0.25, 0.3) is 0 Å². The standard InChI is InChI=1S/C17H9Cl2FN4/c18-12-5-1-10(2-6-12)14-15(11-3-7-13(19)8-4-11)17-22-21-9-24(17)23-16(14)20/h1-9H. The number of aromatic nitrogens is 4. The van der Waals surface area contributed by atoms with Crippen LogP contribution in [0.4, 0.5) is 4.39 Å². The Morgan fingerprint density at radius 1 is 0.792 bits per heavy atom. The number of hydrogen-bond acceptors (Lipinski definition) is 3. The molecule has 0 fully saturated rings. The van der Waals surface area contributed by atoms with E-state index in [0.29, 0.717) is 32.4 Å². The molecular weight excluding hydrogens is 350 g/mol. The third kappa shape index (κ3) is 2.52. The molecule has 0 atom stereocenters. The molecule has 2 heterocycles. The number of benzene rings is 2. The van der Waals surface area contributed by atoms with Gasteiger partial charge in [-0.2, -0.15) is 8.91 Å². The molecule has 118 valence electrons. The first-order valence-electron chi connectivity index (χ1n) is 7.05. The molecule has 24 heavy (non-hydrogen) atoms. The maximum Gasteiger partial charge on any atom is 0.240 e. The number of hydrogen-bond donors (Lipinski definition) is 0. The second kappa shape index (κ2) is 5.85. The summed E-state index contributed by atoms with van der Waals surface area (Å²) in [5.74, 6) is -0.616. The second-order valence-corrected chi connectivity index (χ2v) is 6.03. The van der Waals surface area contributed by atoms with Crippen molar-refractivity contribution in [3.8, 4) is 22.3 Å². The van der Waals surface area contributed by atoms with Gasteiger partial charge >= 0.3 is 0 Å². The molecule has 0 N–H and O–H groups in total. The molecule has 4 nitrogen and oxygen atoms in total. The quantitative estimate of drug-likeness (QED) is 0.511. The summed E-state index contributed by atoms with van der Waals surface area (Å²) in [6.45, 7) is 0. The molecule has 0 aliphatic heterocycles. The lowest BCUT2D eigenvalue weighted by Crippen LogP contribution is -2.02. The van der Waals surface area contributed by atoms with Gasteiger partial charge in [0.15, 0.2) is 5.65 Å². The Morgan fingerprint density at radius 2 is 1.33 bits per heavy atom. The van der Waals surface area contributed by atoms with Crippen molar-refractivity contribution in [1.29, 1.82) is 0 Å². The molecule has 0 amide bonds. The largest absolute Gasteiger partial charge is 0.240 e. The van der Waals surface area contributed by atoms with Crippen LogP contribution in [0.15, 0.2) is 54.9 Å². The fourth-order valence-electron chi connectivity index (χ4n) is 2.60. The van der Waals surface area contributed by atoms with Gasteiger partial charge in [-0.15, -0.1) is 15.3 Å². The van der Waals surface area contributed by atoms with Crippen molar-refractivity contribution >= 4 is 28.8 Å². The van der Waals surface area contributed by atoms with E-state index in [1.54, 1.807) is 36.4 Å². The van der Waals surface area contributed by atoms with Crippen LogP contribution in [0.25, 0.3) is 27.9 Å². The first kappa shape index (κ1) is 15.1. The Morgan fingerprint density at radius 3 is 1.92 bits per heavy atom. The molecule has 0 saturated heterocycles. The lowest BCUT2D eigenvalue weighted by molar-refractivity contribution is 0.559. The van der Waals surface area contributed by atoms with E-state index in [-0.39, 0.29) is 0 Å². The van der Waals surface area contributed by atoms with Crippen molar-refractivity contribution < 1.29 is 4.39 Å².